The van der Waals surface area contributed by atoms with Crippen LogP contribution in [0.4, 0.5) is 11.6 Å². The molecule has 27 heavy (non-hydrogen) atoms. The summed E-state index contributed by atoms with van der Waals surface area (Å²) in [6, 6.07) is 5.87. The molecule has 0 radical (unpaired) electrons. The van der Waals surface area contributed by atoms with Crippen LogP contribution in [0.1, 0.15) is 25.3 Å². The summed E-state index contributed by atoms with van der Waals surface area (Å²) in [7, 11) is 1.67. The lowest BCUT2D eigenvalue weighted by Crippen LogP contribution is -2.39. The third-order valence-corrected chi connectivity index (χ3v) is 5.61. The smallest absolute Gasteiger partial charge is 0.310 e. The third kappa shape index (κ3) is 2.68. The first-order valence-corrected chi connectivity index (χ1v) is 9.55. The fraction of sp³-hybridized carbons (Fsp3) is 0.421. The van der Waals surface area contributed by atoms with Gasteiger partial charge in [-0.05, 0) is 31.0 Å². The molecule has 1 aliphatic heterocycles. The minimum absolute atomic E-state index is 0.260. The first-order valence-electron chi connectivity index (χ1n) is 9.17. The molecule has 1 aromatic carbocycles. The number of rotatable bonds is 4. The molecule has 0 amide bonds. The molecule has 4 rings (SSSR count). The van der Waals surface area contributed by atoms with Gasteiger partial charge in [0.15, 0.2) is 11.2 Å². The van der Waals surface area contributed by atoms with Gasteiger partial charge in [-0.1, -0.05) is 31.0 Å². The van der Waals surface area contributed by atoms with E-state index < -0.39 is 0 Å². The number of imidazole rings is 1. The maximum absolute atomic E-state index is 13.0. The van der Waals surface area contributed by atoms with Crippen molar-refractivity contribution >= 4 is 34.4 Å². The number of aromatic nitrogens is 4. The Morgan fingerprint density at radius 2 is 2.00 bits per heavy atom. The lowest BCUT2D eigenvalue weighted by atomic mass is 10.2. The first-order chi connectivity index (χ1) is 12.9. The van der Waals surface area contributed by atoms with E-state index in [9.17, 15) is 9.59 Å². The number of nitrogens with zero attached hydrogens (tertiary/aromatic N) is 5. The zero-order valence-corrected chi connectivity index (χ0v) is 16.5. The zero-order valence-electron chi connectivity index (χ0n) is 15.7. The van der Waals surface area contributed by atoms with Gasteiger partial charge in [0.1, 0.15) is 0 Å². The Labute approximate surface area is 161 Å². The fourth-order valence-corrected chi connectivity index (χ4v) is 3.76. The van der Waals surface area contributed by atoms with Crippen molar-refractivity contribution in [3.05, 3.63) is 49.6 Å². The van der Waals surface area contributed by atoms with Crippen LogP contribution < -0.4 is 16.1 Å². The van der Waals surface area contributed by atoms with Crippen molar-refractivity contribution in [1.82, 2.24) is 18.7 Å². The first kappa shape index (κ1) is 17.9. The van der Waals surface area contributed by atoms with Crippen LogP contribution in [0.2, 0.25) is 5.02 Å². The zero-order chi connectivity index (χ0) is 19.3. The van der Waals surface area contributed by atoms with Crippen molar-refractivity contribution in [3.8, 4) is 0 Å². The van der Waals surface area contributed by atoms with Gasteiger partial charge in [0.05, 0.1) is 0 Å². The van der Waals surface area contributed by atoms with Crippen LogP contribution in [-0.4, -0.2) is 25.2 Å². The summed E-state index contributed by atoms with van der Waals surface area (Å²) in [5.41, 5.74) is 2.27. The summed E-state index contributed by atoms with van der Waals surface area (Å²) in [4.78, 5) is 32.3. The van der Waals surface area contributed by atoms with Crippen molar-refractivity contribution < 1.29 is 0 Å². The van der Waals surface area contributed by atoms with Crippen LogP contribution in [0.5, 0.6) is 0 Å². The minimum Gasteiger partial charge on any atom is -0.310 e. The van der Waals surface area contributed by atoms with Crippen molar-refractivity contribution in [3.63, 3.8) is 0 Å². The number of unbranched alkanes of at least 4 members (excludes halogenated alkanes) is 1. The Kier molecular flexibility index (Phi) is 4.34. The van der Waals surface area contributed by atoms with Gasteiger partial charge in [0, 0.05) is 37.4 Å². The molecule has 0 fully saturated rings. The van der Waals surface area contributed by atoms with Gasteiger partial charge < -0.3 is 9.47 Å². The van der Waals surface area contributed by atoms with Crippen LogP contribution >= 0.6 is 11.6 Å². The average molecular weight is 388 g/mol. The highest BCUT2D eigenvalue weighted by Gasteiger charge is 2.28. The molecule has 3 heterocycles. The van der Waals surface area contributed by atoms with Gasteiger partial charge in [-0.2, -0.15) is 4.98 Å². The Bertz CT molecular complexity index is 1160. The second-order valence-electron chi connectivity index (χ2n) is 6.97. The van der Waals surface area contributed by atoms with Gasteiger partial charge in [-0.3, -0.25) is 13.9 Å². The molecule has 1 aliphatic rings. The molecule has 8 heteroatoms. The quantitative estimate of drug-likeness (QED) is 0.690. The van der Waals surface area contributed by atoms with E-state index in [2.05, 4.69) is 4.98 Å². The van der Waals surface area contributed by atoms with Gasteiger partial charge >= 0.3 is 5.69 Å². The summed E-state index contributed by atoms with van der Waals surface area (Å²) in [6.07, 6.45) is 1.70. The number of benzene rings is 1. The molecular formula is C19H22ClN5O2. The van der Waals surface area contributed by atoms with Crippen LogP contribution in [0.25, 0.3) is 11.2 Å². The van der Waals surface area contributed by atoms with Crippen molar-refractivity contribution in [2.45, 2.75) is 39.8 Å². The molecular weight excluding hydrogens is 366 g/mol. The van der Waals surface area contributed by atoms with E-state index in [0.717, 1.165) is 24.1 Å². The standard InChI is InChI=1S/C19H22ClN5O2/c1-4-5-8-25-17(26)15-16(22(3)19(25)27)21-18-23(9-10-24(15)18)13-7-6-12(2)14(20)11-13/h6-7,11H,4-5,8-10H2,1-3H3. The number of hydrogen-bond donors (Lipinski definition) is 0. The average Bonchev–Trinajstić information content (AvgIpc) is 3.21. The van der Waals surface area contributed by atoms with E-state index in [1.807, 2.05) is 41.5 Å². The molecule has 0 unspecified atom stereocenters. The molecule has 7 nitrogen and oxygen atoms in total. The SMILES string of the molecule is CCCCn1c(=O)c2c(nc3n2CCN3c2ccc(C)c(Cl)c2)n(C)c1=O. The summed E-state index contributed by atoms with van der Waals surface area (Å²) in [6.45, 7) is 5.76. The monoisotopic (exact) mass is 387 g/mol. The number of fused-ring (bicyclic) bond motifs is 3. The second-order valence-corrected chi connectivity index (χ2v) is 7.38. The summed E-state index contributed by atoms with van der Waals surface area (Å²) in [5, 5.41) is 0.691. The summed E-state index contributed by atoms with van der Waals surface area (Å²) < 4.78 is 4.71. The van der Waals surface area contributed by atoms with E-state index in [1.54, 1.807) is 7.05 Å². The van der Waals surface area contributed by atoms with E-state index >= 15 is 0 Å². The maximum atomic E-state index is 13.0. The molecule has 0 aliphatic carbocycles. The number of anilines is 2. The Morgan fingerprint density at radius 1 is 1.22 bits per heavy atom. The molecule has 2 aromatic heterocycles. The highest BCUT2D eigenvalue weighted by Crippen LogP contribution is 2.33. The van der Waals surface area contributed by atoms with Crippen LogP contribution in [0.3, 0.4) is 0 Å². The number of aryl methyl sites for hydroxylation is 2. The van der Waals surface area contributed by atoms with Gasteiger partial charge in [0.2, 0.25) is 5.95 Å². The van der Waals surface area contributed by atoms with Crippen LogP contribution in [0.15, 0.2) is 27.8 Å². The van der Waals surface area contributed by atoms with E-state index in [-0.39, 0.29) is 11.2 Å². The largest absolute Gasteiger partial charge is 0.332 e. The van der Waals surface area contributed by atoms with Crippen LogP contribution in [-0.2, 0) is 20.1 Å². The second kappa shape index (κ2) is 6.56. The molecule has 142 valence electrons. The van der Waals surface area contributed by atoms with E-state index in [4.69, 9.17) is 11.6 Å². The summed E-state index contributed by atoms with van der Waals surface area (Å²) in [5.74, 6) is 0.672. The van der Waals surface area contributed by atoms with Gasteiger partial charge in [-0.25, -0.2) is 4.79 Å². The Hall–Kier alpha value is -2.54. The van der Waals surface area contributed by atoms with E-state index in [0.29, 0.717) is 41.8 Å². The van der Waals surface area contributed by atoms with Crippen LogP contribution in [0, 0.1) is 6.92 Å². The van der Waals surface area contributed by atoms with Crippen molar-refractivity contribution in [2.24, 2.45) is 7.05 Å². The predicted molar refractivity (Wildman–Crippen MR) is 107 cm³/mol. The maximum Gasteiger partial charge on any atom is 0.332 e. The van der Waals surface area contributed by atoms with Gasteiger partial charge in [-0.15, -0.1) is 0 Å². The highest BCUT2D eigenvalue weighted by atomic mass is 35.5. The third-order valence-electron chi connectivity index (χ3n) is 5.20. The molecule has 3 aromatic rings. The lowest BCUT2D eigenvalue weighted by Gasteiger charge is -2.16. The van der Waals surface area contributed by atoms with Crippen molar-refractivity contribution in [1.29, 1.82) is 0 Å². The lowest BCUT2D eigenvalue weighted by molar-refractivity contribution is 0.564. The number of hydrogen-bond acceptors (Lipinski definition) is 4. The molecule has 0 saturated heterocycles. The predicted octanol–water partition coefficient (Wildman–Crippen LogP) is 2.81. The number of halogens is 1. The van der Waals surface area contributed by atoms with Crippen molar-refractivity contribution in [2.75, 3.05) is 11.4 Å². The highest BCUT2D eigenvalue weighted by molar-refractivity contribution is 6.31. The van der Waals surface area contributed by atoms with E-state index in [1.165, 1.54) is 9.13 Å². The Balaban J connectivity index is 1.91. The molecule has 0 saturated carbocycles. The Morgan fingerprint density at radius 3 is 2.70 bits per heavy atom. The minimum atomic E-state index is -0.317. The summed E-state index contributed by atoms with van der Waals surface area (Å²) >= 11 is 6.29. The molecule has 0 atom stereocenters. The van der Waals surface area contributed by atoms with Gasteiger partial charge in [0.25, 0.3) is 5.56 Å². The molecule has 0 spiro atoms. The fourth-order valence-electron chi connectivity index (χ4n) is 3.59. The molecule has 0 N–H and O–H groups in total. The normalized spacial score (nSPS) is 13.6. The topological polar surface area (TPSA) is 65.1 Å². The molecule has 0 bridgehead atoms.